The van der Waals surface area contributed by atoms with Crippen molar-refractivity contribution in [3.05, 3.63) is 23.1 Å². The molecule has 0 saturated carbocycles. The summed E-state index contributed by atoms with van der Waals surface area (Å²) in [6, 6.07) is 0. The fourth-order valence-electron chi connectivity index (χ4n) is 0.468. The smallest absolute Gasteiger partial charge is 0.344 e. The van der Waals surface area contributed by atoms with E-state index in [4.69, 9.17) is 0 Å². The van der Waals surface area contributed by atoms with E-state index < -0.39 is 5.97 Å². The summed E-state index contributed by atoms with van der Waals surface area (Å²) < 4.78 is 4.43. The molecule has 0 aromatic heterocycles. The summed E-state index contributed by atoms with van der Waals surface area (Å²) in [4.78, 5) is 11.0. The second kappa shape index (κ2) is 11.8. The van der Waals surface area contributed by atoms with Crippen molar-refractivity contribution in [3.63, 3.8) is 0 Å². The fraction of sp³-hybridized carbons (Fsp3) is 0.444. The third-order valence-electron chi connectivity index (χ3n) is 1.02. The van der Waals surface area contributed by atoms with E-state index in [2.05, 4.69) is 33.3 Å². The first kappa shape index (κ1) is 15.3. The molecule has 0 aromatic carbocycles. The van der Waals surface area contributed by atoms with Crippen molar-refractivity contribution in [2.24, 2.45) is 0 Å². The number of allylic oxidation sites excluding steroid dienone is 3. The number of methoxy groups -OCH3 is 1. The summed E-state index contributed by atoms with van der Waals surface area (Å²) in [6.45, 7) is 2.01. The van der Waals surface area contributed by atoms with Gasteiger partial charge in [-0.3, -0.25) is 0 Å². The molecule has 0 fully saturated rings. The maximum absolute atomic E-state index is 10.7. The van der Waals surface area contributed by atoms with Crippen molar-refractivity contribution in [1.29, 1.82) is 0 Å². The topological polar surface area (TPSA) is 26.3 Å². The summed E-state index contributed by atoms with van der Waals surface area (Å²) in [7, 11) is 1.33. The van der Waals surface area contributed by atoms with Gasteiger partial charge in [-0.15, -0.1) is 12.6 Å². The Bertz CT molecular complexity index is 188. The van der Waals surface area contributed by atoms with Crippen LogP contribution < -0.4 is 0 Å². The summed E-state index contributed by atoms with van der Waals surface area (Å²) in [5.41, 5.74) is 0. The lowest BCUT2D eigenvalue weighted by atomic mass is 10.4. The van der Waals surface area contributed by atoms with Crippen LogP contribution in [0.5, 0.6) is 0 Å². The van der Waals surface area contributed by atoms with Crippen molar-refractivity contribution in [3.8, 4) is 0 Å². The zero-order chi connectivity index (χ0) is 10.7. The second-order valence-electron chi connectivity index (χ2n) is 1.88. The largest absolute Gasteiger partial charge is 0.465 e. The summed E-state index contributed by atoms with van der Waals surface area (Å²) in [6.07, 6.45) is 6.26. The maximum atomic E-state index is 10.7. The van der Waals surface area contributed by atoms with Gasteiger partial charge in [-0.25, -0.2) is 4.79 Å². The van der Waals surface area contributed by atoms with Crippen LogP contribution in [0.25, 0.3) is 0 Å². The fourth-order valence-corrected chi connectivity index (χ4v) is 0.645. The molecule has 0 rings (SSSR count). The second-order valence-corrected chi connectivity index (χ2v) is 2.36. The van der Waals surface area contributed by atoms with Crippen LogP contribution in [-0.2, 0) is 9.53 Å². The molecular formula is C9H15BrO2S. The van der Waals surface area contributed by atoms with E-state index in [-0.39, 0.29) is 0 Å². The minimum absolute atomic E-state index is 0.317. The Labute approximate surface area is 93.6 Å². The van der Waals surface area contributed by atoms with Gasteiger partial charge in [0.05, 0.1) is 12.0 Å². The Balaban J connectivity index is 0. The summed E-state index contributed by atoms with van der Waals surface area (Å²) >= 11 is 6.85. The van der Waals surface area contributed by atoms with Crippen molar-refractivity contribution in [2.45, 2.75) is 13.3 Å². The van der Waals surface area contributed by atoms with Crippen LogP contribution >= 0.6 is 28.6 Å². The van der Waals surface area contributed by atoms with E-state index in [1.54, 1.807) is 12.2 Å². The molecule has 0 aromatic rings. The van der Waals surface area contributed by atoms with Crippen LogP contribution in [0.15, 0.2) is 23.1 Å². The van der Waals surface area contributed by atoms with Gasteiger partial charge in [0.2, 0.25) is 0 Å². The molecule has 2 nitrogen and oxygen atoms in total. The molecule has 0 aliphatic rings. The number of halogens is 1. The molecule has 0 unspecified atom stereocenters. The van der Waals surface area contributed by atoms with E-state index in [0.29, 0.717) is 4.91 Å². The zero-order valence-electron chi connectivity index (χ0n) is 8.08. The molecule has 76 valence electrons. The van der Waals surface area contributed by atoms with Crippen molar-refractivity contribution in [1.82, 2.24) is 0 Å². The monoisotopic (exact) mass is 266 g/mol. The van der Waals surface area contributed by atoms with E-state index in [1.807, 2.05) is 18.8 Å². The van der Waals surface area contributed by atoms with Gasteiger partial charge in [0.1, 0.15) is 0 Å². The third kappa shape index (κ3) is 9.70. The maximum Gasteiger partial charge on any atom is 0.344 e. The molecular weight excluding hydrogens is 252 g/mol. The van der Waals surface area contributed by atoms with E-state index in [0.717, 1.165) is 6.42 Å². The van der Waals surface area contributed by atoms with Crippen LogP contribution in [-0.4, -0.2) is 18.9 Å². The van der Waals surface area contributed by atoms with Gasteiger partial charge in [-0.1, -0.05) is 35.0 Å². The van der Waals surface area contributed by atoms with Gasteiger partial charge in [0.25, 0.3) is 0 Å². The van der Waals surface area contributed by atoms with Crippen LogP contribution in [0, 0.1) is 0 Å². The number of rotatable bonds is 3. The van der Waals surface area contributed by atoms with E-state index >= 15 is 0 Å². The number of carbonyl (C=O) groups excluding carboxylic acids is 1. The quantitative estimate of drug-likeness (QED) is 0.280. The highest BCUT2D eigenvalue weighted by Crippen LogP contribution is 2.02. The third-order valence-corrected chi connectivity index (χ3v) is 1.35. The predicted octanol–water partition coefficient (Wildman–Crippen LogP) is 2.95. The van der Waals surface area contributed by atoms with Gasteiger partial charge in [0, 0.05) is 0 Å². The van der Waals surface area contributed by atoms with Gasteiger partial charge in [0.15, 0.2) is 0 Å². The van der Waals surface area contributed by atoms with Gasteiger partial charge in [-0.05, 0) is 18.3 Å². The predicted molar refractivity (Wildman–Crippen MR) is 63.4 cm³/mol. The highest BCUT2D eigenvalue weighted by Gasteiger charge is 2.00. The van der Waals surface area contributed by atoms with Crippen LogP contribution in [0.2, 0.25) is 0 Å². The summed E-state index contributed by atoms with van der Waals surface area (Å²) in [5, 5.41) is 0. The minimum Gasteiger partial charge on any atom is -0.465 e. The summed E-state index contributed by atoms with van der Waals surface area (Å²) in [5.74, 6) is 1.40. The number of hydrogen-bond donors (Lipinski definition) is 1. The molecule has 13 heavy (non-hydrogen) atoms. The first-order valence-electron chi connectivity index (χ1n) is 3.74. The molecule has 0 heterocycles. The minimum atomic E-state index is -0.408. The Morgan fingerprint density at radius 3 is 2.46 bits per heavy atom. The number of esters is 1. The molecule has 4 heteroatoms. The van der Waals surface area contributed by atoms with Crippen molar-refractivity contribution >= 4 is 34.5 Å². The number of carbonyl (C=O) groups is 1. The standard InChI is InChI=1S/C8H12O2S.CH3Br/c1-3-4-5-6-7(11)8(9)10-2;1-2/h4-6,11H,3H2,1-2H3;1H3/b5-4+,7-6-;. The lowest BCUT2D eigenvalue weighted by molar-refractivity contribution is -0.135. The molecule has 0 N–H and O–H groups in total. The highest BCUT2D eigenvalue weighted by molar-refractivity contribution is 9.08. The first-order valence-corrected chi connectivity index (χ1v) is 5.77. The van der Waals surface area contributed by atoms with Gasteiger partial charge < -0.3 is 4.74 Å². The molecule has 0 bridgehead atoms. The zero-order valence-corrected chi connectivity index (χ0v) is 10.6. The Morgan fingerprint density at radius 1 is 1.54 bits per heavy atom. The highest BCUT2D eigenvalue weighted by atomic mass is 79.9. The average Bonchev–Trinajstić information content (AvgIpc) is 2.20. The van der Waals surface area contributed by atoms with Crippen LogP contribution in [0.3, 0.4) is 0 Å². The van der Waals surface area contributed by atoms with E-state index in [1.165, 1.54) is 7.11 Å². The molecule has 0 atom stereocenters. The van der Waals surface area contributed by atoms with Crippen LogP contribution in [0.4, 0.5) is 0 Å². The Hall–Kier alpha value is -0.220. The molecule has 0 radical (unpaired) electrons. The lowest BCUT2D eigenvalue weighted by Gasteiger charge is -1.93. The van der Waals surface area contributed by atoms with Gasteiger partial charge in [-0.2, -0.15) is 0 Å². The number of thiol groups is 1. The van der Waals surface area contributed by atoms with Crippen LogP contribution in [0.1, 0.15) is 13.3 Å². The van der Waals surface area contributed by atoms with E-state index in [9.17, 15) is 4.79 Å². The number of alkyl halides is 1. The lowest BCUT2D eigenvalue weighted by Crippen LogP contribution is -1.98. The molecule has 0 aliphatic heterocycles. The number of hydrogen-bond acceptors (Lipinski definition) is 3. The molecule has 0 amide bonds. The normalized spacial score (nSPS) is 10.7. The van der Waals surface area contributed by atoms with Crippen molar-refractivity contribution in [2.75, 3.05) is 12.9 Å². The SMILES string of the molecule is CBr.CC/C=C/C=C(\S)C(=O)OC. The van der Waals surface area contributed by atoms with Crippen molar-refractivity contribution < 1.29 is 9.53 Å². The first-order chi connectivity index (χ1) is 6.22. The molecule has 0 saturated heterocycles. The Kier molecular flexibility index (Phi) is 13.8. The van der Waals surface area contributed by atoms with Gasteiger partial charge >= 0.3 is 5.97 Å². The molecule has 0 aliphatic carbocycles. The number of ether oxygens (including phenoxy) is 1. The average molecular weight is 267 g/mol. The Morgan fingerprint density at radius 2 is 2.08 bits per heavy atom. The molecule has 0 spiro atoms.